The van der Waals surface area contributed by atoms with E-state index < -0.39 is 0 Å². The summed E-state index contributed by atoms with van der Waals surface area (Å²) in [6.45, 7) is 0. The smallest absolute Gasteiger partial charge is 0.0620 e. The van der Waals surface area contributed by atoms with Crippen LogP contribution in [0.1, 0.15) is 0 Å². The molecule has 4 heterocycles. The minimum Gasteiger partial charge on any atom is -0.309 e. The van der Waals surface area contributed by atoms with Crippen molar-refractivity contribution in [2.45, 2.75) is 0 Å². The Hall–Kier alpha value is -8.92. The first kappa shape index (κ1) is 36.4. The number of benzene rings is 11. The summed E-state index contributed by atoms with van der Waals surface area (Å²) in [6.07, 6.45) is 0. The van der Waals surface area contributed by atoms with Crippen LogP contribution in [0.2, 0.25) is 0 Å². The first-order valence-electron chi connectivity index (χ1n) is 23.2. The molecule has 4 aromatic heterocycles. The summed E-state index contributed by atoms with van der Waals surface area (Å²) in [5, 5.41) is 12.7. The highest BCUT2D eigenvalue weighted by atomic mass is 15.0. The minimum atomic E-state index is 1.15. The van der Waals surface area contributed by atoms with Crippen LogP contribution >= 0.6 is 0 Å². The number of hydrogen-bond donors (Lipinski definition) is 0. The van der Waals surface area contributed by atoms with Crippen molar-refractivity contribution >= 4 is 92.5 Å². The molecule has 0 N–H and O–H groups in total. The molecule has 0 aliphatic carbocycles. The molecule has 11 aromatic carbocycles. The number of fused-ring (bicyclic) bond motifs is 13. The Morgan fingerprint density at radius 1 is 0.209 bits per heavy atom. The lowest BCUT2D eigenvalue weighted by Crippen LogP contribution is -1.94. The molecule has 0 fully saturated rings. The van der Waals surface area contributed by atoms with Gasteiger partial charge >= 0.3 is 0 Å². The number of rotatable bonds is 5. The van der Waals surface area contributed by atoms with Crippen LogP contribution in [0.25, 0.3) is 137 Å². The van der Waals surface area contributed by atoms with Crippen LogP contribution < -0.4 is 0 Å². The third-order valence-electron chi connectivity index (χ3n) is 14.6. The fourth-order valence-corrected chi connectivity index (χ4v) is 11.6. The van der Waals surface area contributed by atoms with Gasteiger partial charge in [0.2, 0.25) is 0 Å². The predicted octanol–water partition coefficient (Wildman–Crippen LogP) is 17.2. The molecule has 0 saturated carbocycles. The quantitative estimate of drug-likeness (QED) is 0.164. The average Bonchev–Trinajstić information content (AvgIpc) is 4.13. The summed E-state index contributed by atoms with van der Waals surface area (Å²) in [5.41, 5.74) is 18.3. The topological polar surface area (TPSA) is 14.3 Å². The number of para-hydroxylation sites is 5. The maximum atomic E-state index is 2.46. The number of nitrogens with zero attached hydrogens (tertiary/aromatic N) is 3. The van der Waals surface area contributed by atoms with Crippen molar-refractivity contribution in [1.29, 1.82) is 0 Å². The average molecular weight is 850 g/mol. The summed E-state index contributed by atoms with van der Waals surface area (Å²) in [7, 11) is 0. The zero-order valence-corrected chi connectivity index (χ0v) is 36.4. The van der Waals surface area contributed by atoms with E-state index in [0.717, 1.165) is 5.69 Å². The van der Waals surface area contributed by atoms with E-state index in [1.54, 1.807) is 0 Å². The van der Waals surface area contributed by atoms with Gasteiger partial charge in [0.15, 0.2) is 0 Å². The molecule has 0 aliphatic heterocycles. The molecule has 0 amide bonds. The van der Waals surface area contributed by atoms with Crippen molar-refractivity contribution in [2.75, 3.05) is 0 Å². The van der Waals surface area contributed by atoms with Crippen LogP contribution in [0, 0.1) is 0 Å². The van der Waals surface area contributed by atoms with E-state index in [-0.39, 0.29) is 0 Å². The van der Waals surface area contributed by atoms with Crippen LogP contribution in [-0.4, -0.2) is 13.5 Å². The zero-order valence-electron chi connectivity index (χ0n) is 36.4. The van der Waals surface area contributed by atoms with Gasteiger partial charge in [0.25, 0.3) is 0 Å². The Labute approximate surface area is 385 Å². The molecule has 0 atom stereocenters. The maximum Gasteiger partial charge on any atom is 0.0620 e. The van der Waals surface area contributed by atoms with Gasteiger partial charge in [-0.3, -0.25) is 0 Å². The van der Waals surface area contributed by atoms with Gasteiger partial charge in [-0.15, -0.1) is 0 Å². The largest absolute Gasteiger partial charge is 0.309 e. The molecule has 15 aromatic rings. The Morgan fingerprint density at radius 3 is 1.22 bits per heavy atom. The van der Waals surface area contributed by atoms with Crippen molar-refractivity contribution in [3.63, 3.8) is 0 Å². The van der Waals surface area contributed by atoms with E-state index in [1.165, 1.54) is 132 Å². The van der Waals surface area contributed by atoms with Crippen molar-refractivity contribution < 1.29 is 0 Å². The molecule has 15 rings (SSSR count). The Balaban J connectivity index is 0.823. The predicted molar refractivity (Wildman–Crippen MR) is 284 cm³/mol. The van der Waals surface area contributed by atoms with Crippen molar-refractivity contribution in [3.05, 3.63) is 237 Å². The van der Waals surface area contributed by atoms with E-state index in [2.05, 4.69) is 250 Å². The normalized spacial score (nSPS) is 12.2. The molecular weight excluding hydrogens is 811 g/mol. The molecule has 3 heteroatoms. The standard InChI is InChI=1S/C64H39N3/c1-2-13-44(14-3-1)65-58-24-7-5-16-51(58)56-37-42(30-35-61(56)65)46-18-10-21-49-47(19-11-20-48(46)49)43-31-36-62-57(38-43)52-17-6-8-25-59(52)66(62)45-32-27-40(28-33-45)41-29-34-53-55-23-12-22-54-50-15-4-9-26-60(50)67(64(54)55)63(53)39-41/h1-39H. The third kappa shape index (κ3) is 5.17. The molecule has 0 radical (unpaired) electrons. The molecule has 0 saturated heterocycles. The first-order valence-corrected chi connectivity index (χ1v) is 23.2. The van der Waals surface area contributed by atoms with Crippen LogP contribution in [0.5, 0.6) is 0 Å². The molecule has 3 nitrogen and oxygen atoms in total. The lowest BCUT2D eigenvalue weighted by Gasteiger charge is -2.13. The summed E-state index contributed by atoms with van der Waals surface area (Å²) >= 11 is 0. The third-order valence-corrected chi connectivity index (χ3v) is 14.6. The molecule has 310 valence electrons. The van der Waals surface area contributed by atoms with E-state index in [1.807, 2.05) is 0 Å². The fourth-order valence-electron chi connectivity index (χ4n) is 11.6. The second kappa shape index (κ2) is 13.8. The van der Waals surface area contributed by atoms with Gasteiger partial charge in [-0.05, 0) is 117 Å². The monoisotopic (exact) mass is 849 g/mol. The highest BCUT2D eigenvalue weighted by molar-refractivity contribution is 6.23. The molecular formula is C64H39N3. The van der Waals surface area contributed by atoms with E-state index in [0.29, 0.717) is 0 Å². The van der Waals surface area contributed by atoms with E-state index in [4.69, 9.17) is 0 Å². The Kier molecular flexibility index (Phi) is 7.50. The molecule has 0 bridgehead atoms. The van der Waals surface area contributed by atoms with Crippen LogP contribution in [0.15, 0.2) is 237 Å². The van der Waals surface area contributed by atoms with Gasteiger partial charge in [0.1, 0.15) is 0 Å². The second-order valence-corrected chi connectivity index (χ2v) is 18.0. The van der Waals surface area contributed by atoms with Crippen molar-refractivity contribution in [2.24, 2.45) is 0 Å². The van der Waals surface area contributed by atoms with Crippen molar-refractivity contribution in [1.82, 2.24) is 13.5 Å². The summed E-state index contributed by atoms with van der Waals surface area (Å²) in [6, 6.07) is 87.4. The summed E-state index contributed by atoms with van der Waals surface area (Å²) in [4.78, 5) is 0. The molecule has 0 aliphatic rings. The van der Waals surface area contributed by atoms with Crippen LogP contribution in [-0.2, 0) is 0 Å². The van der Waals surface area contributed by atoms with Gasteiger partial charge < -0.3 is 13.5 Å². The lowest BCUT2D eigenvalue weighted by atomic mass is 9.92. The van der Waals surface area contributed by atoms with Gasteiger partial charge in [-0.25, -0.2) is 0 Å². The molecule has 0 unspecified atom stereocenters. The van der Waals surface area contributed by atoms with Crippen molar-refractivity contribution in [3.8, 4) is 44.8 Å². The van der Waals surface area contributed by atoms with E-state index in [9.17, 15) is 0 Å². The highest BCUT2D eigenvalue weighted by Gasteiger charge is 2.20. The highest BCUT2D eigenvalue weighted by Crippen LogP contribution is 2.43. The number of aromatic nitrogens is 3. The molecule has 0 spiro atoms. The first-order chi connectivity index (χ1) is 33.2. The van der Waals surface area contributed by atoms with Gasteiger partial charge in [-0.1, -0.05) is 164 Å². The molecule has 67 heavy (non-hydrogen) atoms. The SMILES string of the molecule is c1ccc(-n2c3ccccc3c3cc(-c4cccc5c(-c6ccc7c(c6)c6ccccc6n7-c6ccc(-c7ccc8c9cccc%10c%11ccccc%11n(c8c7)c%109)cc6)cccc45)ccc32)cc1. The van der Waals surface area contributed by atoms with Crippen LogP contribution in [0.4, 0.5) is 0 Å². The lowest BCUT2D eigenvalue weighted by molar-refractivity contribution is 1.18. The Bertz CT molecular complexity index is 4490. The van der Waals surface area contributed by atoms with Gasteiger partial charge in [0, 0.05) is 54.5 Å². The zero-order chi connectivity index (χ0) is 43.7. The van der Waals surface area contributed by atoms with Crippen LogP contribution in [0.3, 0.4) is 0 Å². The summed E-state index contributed by atoms with van der Waals surface area (Å²) in [5.74, 6) is 0. The maximum absolute atomic E-state index is 2.46. The van der Waals surface area contributed by atoms with Gasteiger partial charge in [-0.2, -0.15) is 0 Å². The minimum absolute atomic E-state index is 1.15. The number of hydrogen-bond acceptors (Lipinski definition) is 0. The fraction of sp³-hybridized carbons (Fsp3) is 0. The van der Waals surface area contributed by atoms with E-state index >= 15 is 0 Å². The second-order valence-electron chi connectivity index (χ2n) is 18.0. The van der Waals surface area contributed by atoms with Gasteiger partial charge in [0.05, 0.1) is 38.6 Å². The summed E-state index contributed by atoms with van der Waals surface area (Å²) < 4.78 is 7.27. The Morgan fingerprint density at radius 2 is 0.627 bits per heavy atom.